The van der Waals surface area contributed by atoms with Gasteiger partial charge in [0, 0.05) is 6.20 Å². The Labute approximate surface area is 80.3 Å². The Morgan fingerprint density at radius 2 is 2.38 bits per heavy atom. The number of pyridine rings is 1. The average molecular weight is 201 g/mol. The molecule has 0 saturated heterocycles. The zero-order valence-electron chi connectivity index (χ0n) is 7.04. The molecular formula is C8H9ClN2O2. The van der Waals surface area contributed by atoms with Crippen LogP contribution in [0.2, 0.25) is 5.02 Å². The van der Waals surface area contributed by atoms with Crippen molar-refractivity contribution < 1.29 is 9.90 Å². The van der Waals surface area contributed by atoms with Crippen LogP contribution in [0.25, 0.3) is 0 Å². The number of carboxylic acid groups (broad SMARTS) is 1. The molecule has 13 heavy (non-hydrogen) atoms. The van der Waals surface area contributed by atoms with Crippen LogP contribution in [0.1, 0.15) is 23.0 Å². The molecule has 5 heteroatoms. The zero-order chi connectivity index (χ0) is 10.0. The highest BCUT2D eigenvalue weighted by Gasteiger charge is 2.14. The first-order chi connectivity index (χ1) is 6.07. The topological polar surface area (TPSA) is 76.2 Å². The standard InChI is InChI=1S/C8H9ClN2O2/c1-2-4-5(9)3-11-7(6(4)10)8(12)13/h3H,2,10H2,1H3,(H,12,13). The van der Waals surface area contributed by atoms with Crippen molar-refractivity contribution in [3.63, 3.8) is 0 Å². The van der Waals surface area contributed by atoms with E-state index in [9.17, 15) is 4.79 Å². The maximum Gasteiger partial charge on any atom is 0.356 e. The van der Waals surface area contributed by atoms with Crippen molar-refractivity contribution in [2.24, 2.45) is 0 Å². The van der Waals surface area contributed by atoms with Crippen molar-refractivity contribution in [2.45, 2.75) is 13.3 Å². The van der Waals surface area contributed by atoms with E-state index in [1.165, 1.54) is 6.20 Å². The van der Waals surface area contributed by atoms with Gasteiger partial charge in [0.2, 0.25) is 0 Å². The number of anilines is 1. The van der Waals surface area contributed by atoms with Crippen LogP contribution in [0, 0.1) is 0 Å². The van der Waals surface area contributed by atoms with Gasteiger partial charge in [-0.15, -0.1) is 0 Å². The van der Waals surface area contributed by atoms with Gasteiger partial charge in [0.05, 0.1) is 10.7 Å². The van der Waals surface area contributed by atoms with Gasteiger partial charge in [-0.2, -0.15) is 0 Å². The zero-order valence-corrected chi connectivity index (χ0v) is 7.80. The van der Waals surface area contributed by atoms with Gasteiger partial charge in [0.15, 0.2) is 5.69 Å². The van der Waals surface area contributed by atoms with Gasteiger partial charge < -0.3 is 10.8 Å². The molecule has 1 aromatic heterocycles. The van der Waals surface area contributed by atoms with Crippen LogP contribution >= 0.6 is 11.6 Å². The largest absolute Gasteiger partial charge is 0.476 e. The number of nitrogens with zero attached hydrogens (tertiary/aromatic N) is 1. The lowest BCUT2D eigenvalue weighted by Gasteiger charge is -2.06. The van der Waals surface area contributed by atoms with E-state index in [2.05, 4.69) is 4.98 Å². The lowest BCUT2D eigenvalue weighted by molar-refractivity contribution is 0.0691. The molecule has 0 bridgehead atoms. The first-order valence-corrected chi connectivity index (χ1v) is 4.11. The Hall–Kier alpha value is -1.29. The highest BCUT2D eigenvalue weighted by Crippen LogP contribution is 2.24. The molecule has 3 N–H and O–H groups in total. The third-order valence-electron chi connectivity index (χ3n) is 1.73. The summed E-state index contributed by atoms with van der Waals surface area (Å²) in [5, 5.41) is 9.10. The number of halogens is 1. The quantitative estimate of drug-likeness (QED) is 0.760. The number of hydrogen-bond donors (Lipinski definition) is 2. The molecule has 0 amide bonds. The number of aromatic nitrogens is 1. The van der Waals surface area contributed by atoms with Gasteiger partial charge in [0.25, 0.3) is 0 Å². The fourth-order valence-electron chi connectivity index (χ4n) is 1.07. The number of carboxylic acids is 1. The average Bonchev–Trinajstić information content (AvgIpc) is 2.04. The minimum absolute atomic E-state index is 0.138. The van der Waals surface area contributed by atoms with Crippen molar-refractivity contribution in [3.8, 4) is 0 Å². The van der Waals surface area contributed by atoms with Crippen molar-refractivity contribution in [1.29, 1.82) is 0 Å². The molecule has 1 rings (SSSR count). The first kappa shape index (κ1) is 9.80. The van der Waals surface area contributed by atoms with Crippen molar-refractivity contribution in [1.82, 2.24) is 4.98 Å². The molecule has 0 fully saturated rings. The highest BCUT2D eigenvalue weighted by molar-refractivity contribution is 6.31. The number of carbonyl (C=O) groups is 1. The fraction of sp³-hybridized carbons (Fsp3) is 0.250. The summed E-state index contributed by atoms with van der Waals surface area (Å²) in [4.78, 5) is 14.2. The fourth-order valence-corrected chi connectivity index (χ4v) is 1.35. The molecular weight excluding hydrogens is 192 g/mol. The number of aromatic carboxylic acids is 1. The second kappa shape index (κ2) is 3.62. The van der Waals surface area contributed by atoms with E-state index in [-0.39, 0.29) is 11.4 Å². The Bertz CT molecular complexity index is 352. The Kier molecular flexibility index (Phi) is 2.72. The summed E-state index contributed by atoms with van der Waals surface area (Å²) in [5.74, 6) is -1.14. The van der Waals surface area contributed by atoms with Crippen molar-refractivity contribution >= 4 is 23.3 Å². The maximum atomic E-state index is 10.6. The minimum Gasteiger partial charge on any atom is -0.476 e. The molecule has 0 aromatic carbocycles. The van der Waals surface area contributed by atoms with E-state index in [0.29, 0.717) is 17.0 Å². The second-order valence-electron chi connectivity index (χ2n) is 2.51. The summed E-state index contributed by atoms with van der Waals surface area (Å²) < 4.78 is 0. The summed E-state index contributed by atoms with van der Waals surface area (Å²) in [6.45, 7) is 1.85. The number of hydrogen-bond acceptors (Lipinski definition) is 3. The number of nitrogens with two attached hydrogens (primary N) is 1. The molecule has 1 heterocycles. The lowest BCUT2D eigenvalue weighted by Crippen LogP contribution is -2.08. The SMILES string of the molecule is CCc1c(Cl)cnc(C(=O)O)c1N. The molecule has 0 aliphatic heterocycles. The van der Waals surface area contributed by atoms with Gasteiger partial charge in [-0.1, -0.05) is 18.5 Å². The Balaban J connectivity index is 3.35. The first-order valence-electron chi connectivity index (χ1n) is 3.74. The van der Waals surface area contributed by atoms with Crippen LogP contribution < -0.4 is 5.73 Å². The molecule has 0 aliphatic rings. The van der Waals surface area contributed by atoms with Gasteiger partial charge in [-0.3, -0.25) is 0 Å². The van der Waals surface area contributed by atoms with E-state index < -0.39 is 5.97 Å². The molecule has 1 aromatic rings. The van der Waals surface area contributed by atoms with Gasteiger partial charge in [-0.25, -0.2) is 9.78 Å². The molecule has 0 radical (unpaired) electrons. The molecule has 70 valence electrons. The Morgan fingerprint density at radius 3 is 2.85 bits per heavy atom. The van der Waals surface area contributed by atoms with Gasteiger partial charge in [-0.05, 0) is 12.0 Å². The van der Waals surface area contributed by atoms with Crippen LogP contribution in [0.3, 0.4) is 0 Å². The van der Waals surface area contributed by atoms with E-state index in [1.54, 1.807) is 0 Å². The molecule has 0 spiro atoms. The summed E-state index contributed by atoms with van der Waals surface area (Å²) in [5.41, 5.74) is 6.22. The van der Waals surface area contributed by atoms with E-state index in [1.807, 2.05) is 6.92 Å². The molecule has 0 saturated carbocycles. The molecule has 0 unspecified atom stereocenters. The van der Waals surface area contributed by atoms with Gasteiger partial charge in [0.1, 0.15) is 0 Å². The monoisotopic (exact) mass is 200 g/mol. The maximum absolute atomic E-state index is 10.6. The predicted molar refractivity (Wildman–Crippen MR) is 50.0 cm³/mol. The summed E-state index contributed by atoms with van der Waals surface area (Å²) >= 11 is 5.77. The Morgan fingerprint density at radius 1 is 1.77 bits per heavy atom. The van der Waals surface area contributed by atoms with E-state index >= 15 is 0 Å². The summed E-state index contributed by atoms with van der Waals surface area (Å²) in [7, 11) is 0. The predicted octanol–water partition coefficient (Wildman–Crippen LogP) is 1.58. The smallest absolute Gasteiger partial charge is 0.356 e. The third-order valence-corrected chi connectivity index (χ3v) is 2.06. The van der Waals surface area contributed by atoms with Crippen LogP contribution in [0.15, 0.2) is 6.20 Å². The van der Waals surface area contributed by atoms with Crippen LogP contribution in [-0.2, 0) is 6.42 Å². The van der Waals surface area contributed by atoms with Crippen molar-refractivity contribution in [3.05, 3.63) is 22.5 Å². The molecule has 0 atom stereocenters. The minimum atomic E-state index is -1.14. The van der Waals surface area contributed by atoms with Crippen LogP contribution in [-0.4, -0.2) is 16.1 Å². The van der Waals surface area contributed by atoms with E-state index in [0.717, 1.165) is 0 Å². The summed E-state index contributed by atoms with van der Waals surface area (Å²) in [6.07, 6.45) is 1.90. The van der Waals surface area contributed by atoms with E-state index in [4.69, 9.17) is 22.4 Å². The third kappa shape index (κ3) is 1.72. The van der Waals surface area contributed by atoms with Crippen LogP contribution in [0.5, 0.6) is 0 Å². The number of nitrogen functional groups attached to an aromatic ring is 1. The summed E-state index contributed by atoms with van der Waals surface area (Å²) in [6, 6.07) is 0. The normalized spacial score (nSPS) is 10.0. The molecule has 0 aliphatic carbocycles. The second-order valence-corrected chi connectivity index (χ2v) is 2.91. The lowest BCUT2D eigenvalue weighted by atomic mass is 10.1. The van der Waals surface area contributed by atoms with Crippen LogP contribution in [0.4, 0.5) is 5.69 Å². The van der Waals surface area contributed by atoms with Crippen molar-refractivity contribution in [2.75, 3.05) is 5.73 Å². The number of rotatable bonds is 2. The molecule has 4 nitrogen and oxygen atoms in total. The van der Waals surface area contributed by atoms with Gasteiger partial charge >= 0.3 is 5.97 Å². The highest BCUT2D eigenvalue weighted by atomic mass is 35.5.